The van der Waals surface area contributed by atoms with E-state index in [1.54, 1.807) is 6.20 Å². The van der Waals surface area contributed by atoms with E-state index in [1.165, 1.54) is 11.3 Å². The zero-order valence-corrected chi connectivity index (χ0v) is 10.7. The Balaban J connectivity index is 2.07. The van der Waals surface area contributed by atoms with Crippen LogP contribution in [0.5, 0.6) is 0 Å². The summed E-state index contributed by atoms with van der Waals surface area (Å²) < 4.78 is 0. The maximum Gasteiger partial charge on any atom is 0.147 e. The molecule has 0 radical (unpaired) electrons. The second-order valence-electron chi connectivity index (χ2n) is 4.15. The van der Waals surface area contributed by atoms with Crippen LogP contribution in [-0.2, 0) is 0 Å². The van der Waals surface area contributed by atoms with E-state index in [9.17, 15) is 0 Å². The van der Waals surface area contributed by atoms with Gasteiger partial charge in [0.25, 0.3) is 0 Å². The van der Waals surface area contributed by atoms with Crippen molar-refractivity contribution < 1.29 is 0 Å². The number of nitrogens with zero attached hydrogens (tertiary/aromatic N) is 3. The maximum atomic E-state index is 5.79. The lowest BCUT2D eigenvalue weighted by Crippen LogP contribution is -2.03. The molecule has 90 valence electrons. The fourth-order valence-electron chi connectivity index (χ4n) is 1.74. The molecule has 0 aliphatic carbocycles. The molecule has 3 aromatic rings. The first-order valence-corrected chi connectivity index (χ1v) is 6.50. The maximum absolute atomic E-state index is 5.79. The van der Waals surface area contributed by atoms with Gasteiger partial charge in [0.05, 0.1) is 11.6 Å². The van der Waals surface area contributed by atoms with E-state index in [0.29, 0.717) is 0 Å². The van der Waals surface area contributed by atoms with Crippen LogP contribution in [0, 0.1) is 0 Å². The molecule has 0 bridgehead atoms. The lowest BCUT2D eigenvalue weighted by molar-refractivity contribution is 0.786. The van der Waals surface area contributed by atoms with Crippen LogP contribution in [0.2, 0.25) is 0 Å². The number of pyridine rings is 1. The summed E-state index contributed by atoms with van der Waals surface area (Å²) in [5.41, 5.74) is 7.83. The van der Waals surface area contributed by atoms with Gasteiger partial charge in [0.2, 0.25) is 0 Å². The van der Waals surface area contributed by atoms with Crippen LogP contribution < -0.4 is 5.73 Å². The van der Waals surface area contributed by atoms with Gasteiger partial charge in [0, 0.05) is 17.1 Å². The third kappa shape index (κ3) is 1.98. The van der Waals surface area contributed by atoms with Crippen LogP contribution in [-0.4, -0.2) is 15.2 Å². The molecule has 2 aromatic heterocycles. The lowest BCUT2D eigenvalue weighted by atomic mass is 10.1. The molecule has 5 heteroatoms. The quantitative estimate of drug-likeness (QED) is 0.765. The van der Waals surface area contributed by atoms with Gasteiger partial charge in [-0.2, -0.15) is 0 Å². The Morgan fingerprint density at radius 1 is 1.22 bits per heavy atom. The third-order valence-corrected chi connectivity index (χ3v) is 3.85. The van der Waals surface area contributed by atoms with Crippen molar-refractivity contribution >= 4 is 22.2 Å². The van der Waals surface area contributed by atoms with Crippen LogP contribution in [0.15, 0.2) is 36.5 Å². The number of nitrogens with two attached hydrogens (primary N) is 1. The fraction of sp³-hybridized carbons (Fsp3) is 0.154. The molecule has 0 aliphatic heterocycles. The minimum absolute atomic E-state index is 0.0710. The van der Waals surface area contributed by atoms with Gasteiger partial charge >= 0.3 is 0 Å². The van der Waals surface area contributed by atoms with Crippen molar-refractivity contribution in [2.75, 3.05) is 0 Å². The van der Waals surface area contributed by atoms with Crippen LogP contribution in [0.25, 0.3) is 21.5 Å². The first-order chi connectivity index (χ1) is 8.74. The van der Waals surface area contributed by atoms with Crippen molar-refractivity contribution in [3.63, 3.8) is 0 Å². The number of hydrogen-bond donors (Lipinski definition) is 1. The van der Waals surface area contributed by atoms with E-state index < -0.39 is 0 Å². The highest BCUT2D eigenvalue weighted by molar-refractivity contribution is 7.14. The monoisotopic (exact) mass is 256 g/mol. The minimum Gasteiger partial charge on any atom is -0.322 e. The predicted octanol–water partition coefficient (Wildman–Crippen LogP) is 2.77. The van der Waals surface area contributed by atoms with Crippen LogP contribution in [0.4, 0.5) is 0 Å². The molecule has 18 heavy (non-hydrogen) atoms. The summed E-state index contributed by atoms with van der Waals surface area (Å²) in [5.74, 6) is 0. The molecule has 2 heterocycles. The van der Waals surface area contributed by atoms with Crippen molar-refractivity contribution in [2.24, 2.45) is 5.73 Å². The Morgan fingerprint density at radius 3 is 2.89 bits per heavy atom. The molecule has 1 atom stereocenters. The topological polar surface area (TPSA) is 64.7 Å². The smallest absolute Gasteiger partial charge is 0.147 e. The van der Waals surface area contributed by atoms with Gasteiger partial charge in [-0.3, -0.25) is 4.98 Å². The predicted molar refractivity (Wildman–Crippen MR) is 73.2 cm³/mol. The molecule has 0 spiro atoms. The minimum atomic E-state index is -0.0710. The van der Waals surface area contributed by atoms with E-state index >= 15 is 0 Å². The van der Waals surface area contributed by atoms with Crippen molar-refractivity contribution in [3.8, 4) is 10.6 Å². The molecule has 0 saturated heterocycles. The highest BCUT2D eigenvalue weighted by Gasteiger charge is 2.10. The number of hydrogen-bond acceptors (Lipinski definition) is 5. The second kappa shape index (κ2) is 4.44. The zero-order chi connectivity index (χ0) is 12.5. The Kier molecular flexibility index (Phi) is 2.77. The summed E-state index contributed by atoms with van der Waals surface area (Å²) in [6.07, 6.45) is 1.79. The van der Waals surface area contributed by atoms with Crippen molar-refractivity contribution in [3.05, 3.63) is 41.5 Å². The molecule has 2 N–H and O–H groups in total. The average molecular weight is 256 g/mol. The van der Waals surface area contributed by atoms with Gasteiger partial charge in [-0.05, 0) is 31.2 Å². The second-order valence-corrected chi connectivity index (χ2v) is 5.15. The molecular formula is C13H12N4S. The third-order valence-electron chi connectivity index (χ3n) is 2.68. The van der Waals surface area contributed by atoms with Gasteiger partial charge in [-0.1, -0.05) is 17.4 Å². The summed E-state index contributed by atoms with van der Waals surface area (Å²) in [4.78, 5) is 4.30. The molecule has 0 fully saturated rings. The van der Waals surface area contributed by atoms with E-state index in [4.69, 9.17) is 5.73 Å². The van der Waals surface area contributed by atoms with Crippen LogP contribution in [0.1, 0.15) is 18.0 Å². The SMILES string of the molecule is CC(N)c1nnc(-c2ccc3ncccc3c2)s1. The molecule has 0 amide bonds. The van der Waals surface area contributed by atoms with E-state index in [2.05, 4.69) is 21.2 Å². The van der Waals surface area contributed by atoms with E-state index in [1.807, 2.05) is 31.2 Å². The summed E-state index contributed by atoms with van der Waals surface area (Å²) in [7, 11) is 0. The number of benzene rings is 1. The Morgan fingerprint density at radius 2 is 2.11 bits per heavy atom. The van der Waals surface area contributed by atoms with Crippen LogP contribution in [0.3, 0.4) is 0 Å². The number of fused-ring (bicyclic) bond motifs is 1. The Labute approximate surface area is 109 Å². The highest BCUT2D eigenvalue weighted by atomic mass is 32.1. The molecule has 4 nitrogen and oxygen atoms in total. The molecule has 3 rings (SSSR count). The largest absolute Gasteiger partial charge is 0.322 e. The molecule has 1 unspecified atom stereocenters. The van der Waals surface area contributed by atoms with Gasteiger partial charge in [-0.25, -0.2) is 0 Å². The number of aromatic nitrogens is 3. The summed E-state index contributed by atoms with van der Waals surface area (Å²) in [6, 6.07) is 9.99. The standard InChI is InChI=1S/C13H12N4S/c1-8(14)12-16-17-13(18-12)10-4-5-11-9(7-10)3-2-6-15-11/h2-8H,14H2,1H3. The summed E-state index contributed by atoms with van der Waals surface area (Å²) in [6.45, 7) is 1.91. The normalized spacial score (nSPS) is 12.8. The van der Waals surface area contributed by atoms with Crippen molar-refractivity contribution in [1.29, 1.82) is 0 Å². The Bertz CT molecular complexity index is 690. The van der Waals surface area contributed by atoms with Crippen LogP contribution >= 0.6 is 11.3 Å². The molecular weight excluding hydrogens is 244 g/mol. The first kappa shape index (κ1) is 11.3. The molecule has 1 aromatic carbocycles. The molecule has 0 saturated carbocycles. The first-order valence-electron chi connectivity index (χ1n) is 5.68. The zero-order valence-electron chi connectivity index (χ0n) is 9.87. The summed E-state index contributed by atoms with van der Waals surface area (Å²) >= 11 is 1.53. The molecule has 0 aliphatic rings. The summed E-state index contributed by atoms with van der Waals surface area (Å²) in [5, 5.41) is 11.1. The van der Waals surface area contributed by atoms with Gasteiger partial charge in [0.1, 0.15) is 10.0 Å². The van der Waals surface area contributed by atoms with Gasteiger partial charge in [-0.15, -0.1) is 10.2 Å². The Hall–Kier alpha value is -1.85. The van der Waals surface area contributed by atoms with Gasteiger partial charge < -0.3 is 5.73 Å². The van der Waals surface area contributed by atoms with Crippen molar-refractivity contribution in [1.82, 2.24) is 15.2 Å². The van der Waals surface area contributed by atoms with Crippen molar-refractivity contribution in [2.45, 2.75) is 13.0 Å². The highest BCUT2D eigenvalue weighted by Crippen LogP contribution is 2.27. The average Bonchev–Trinajstić information content (AvgIpc) is 2.88. The van der Waals surface area contributed by atoms with E-state index in [-0.39, 0.29) is 6.04 Å². The van der Waals surface area contributed by atoms with E-state index in [0.717, 1.165) is 26.5 Å². The van der Waals surface area contributed by atoms with Gasteiger partial charge in [0.15, 0.2) is 0 Å². The fourth-order valence-corrected chi connectivity index (χ4v) is 2.54. The number of rotatable bonds is 2. The lowest BCUT2D eigenvalue weighted by Gasteiger charge is -1.99.